The number of benzene rings is 1. The third-order valence-corrected chi connectivity index (χ3v) is 6.27. The summed E-state index contributed by atoms with van der Waals surface area (Å²) < 4.78 is 0.921. The van der Waals surface area contributed by atoms with E-state index < -0.39 is 11.2 Å². The van der Waals surface area contributed by atoms with Crippen molar-refractivity contribution in [2.45, 2.75) is 63.6 Å². The molecular formula is C22H29N5O4. The number of piperidine rings is 1. The number of aromatic amines is 1. The van der Waals surface area contributed by atoms with Crippen LogP contribution in [-0.4, -0.2) is 51.6 Å². The van der Waals surface area contributed by atoms with Gasteiger partial charge < -0.3 is 20.5 Å². The van der Waals surface area contributed by atoms with E-state index >= 15 is 0 Å². The van der Waals surface area contributed by atoms with Crippen LogP contribution in [0.3, 0.4) is 0 Å². The van der Waals surface area contributed by atoms with E-state index in [0.717, 1.165) is 17.4 Å². The molecule has 1 aromatic carbocycles. The normalized spacial score (nSPS) is 18.1. The third kappa shape index (κ3) is 4.98. The first-order chi connectivity index (χ1) is 15.0. The van der Waals surface area contributed by atoms with Gasteiger partial charge in [-0.15, -0.1) is 0 Å². The third-order valence-electron chi connectivity index (χ3n) is 6.27. The molecule has 1 aliphatic carbocycles. The Morgan fingerprint density at radius 3 is 2.35 bits per heavy atom. The highest BCUT2D eigenvalue weighted by Gasteiger charge is 2.26. The number of urea groups is 1. The van der Waals surface area contributed by atoms with E-state index in [4.69, 9.17) is 0 Å². The molecule has 9 heteroatoms. The summed E-state index contributed by atoms with van der Waals surface area (Å²) in [7, 11) is 0. The molecule has 166 valence electrons. The number of carbonyl (C=O) groups excluding carboxylic acids is 2. The van der Waals surface area contributed by atoms with Gasteiger partial charge in [-0.1, -0.05) is 31.4 Å². The highest BCUT2D eigenvalue weighted by Crippen LogP contribution is 2.18. The summed E-state index contributed by atoms with van der Waals surface area (Å²) in [6.45, 7) is 0.807. The molecule has 4 rings (SSSR count). The van der Waals surface area contributed by atoms with Gasteiger partial charge in [0.25, 0.3) is 5.56 Å². The summed E-state index contributed by atoms with van der Waals surface area (Å²) in [6.07, 6.45) is 6.97. The minimum atomic E-state index is -0.604. The zero-order valence-corrected chi connectivity index (χ0v) is 17.6. The molecule has 0 atom stereocenters. The molecule has 3 N–H and O–H groups in total. The van der Waals surface area contributed by atoms with Crippen molar-refractivity contribution in [1.29, 1.82) is 0 Å². The quantitative estimate of drug-likeness (QED) is 0.682. The fourth-order valence-corrected chi connectivity index (χ4v) is 4.50. The zero-order valence-electron chi connectivity index (χ0n) is 17.6. The van der Waals surface area contributed by atoms with Crippen LogP contribution in [0.1, 0.15) is 44.9 Å². The molecule has 1 aromatic heterocycles. The molecule has 9 nitrogen and oxygen atoms in total. The van der Waals surface area contributed by atoms with Gasteiger partial charge in [0.05, 0.1) is 10.9 Å². The summed E-state index contributed by atoms with van der Waals surface area (Å²) in [5.41, 5.74) is -0.634. The number of hydrogen-bond acceptors (Lipinski definition) is 4. The van der Waals surface area contributed by atoms with Crippen molar-refractivity contribution in [3.05, 3.63) is 45.1 Å². The summed E-state index contributed by atoms with van der Waals surface area (Å²) in [5.74, 6) is -0.381. The lowest BCUT2D eigenvalue weighted by molar-refractivity contribution is -0.122. The van der Waals surface area contributed by atoms with Gasteiger partial charge in [-0.05, 0) is 37.8 Å². The molecule has 1 saturated carbocycles. The number of H-pyrrole nitrogens is 1. The van der Waals surface area contributed by atoms with Crippen LogP contribution in [0.25, 0.3) is 10.9 Å². The van der Waals surface area contributed by atoms with Crippen LogP contribution in [0.5, 0.6) is 0 Å². The molecule has 0 radical (unpaired) electrons. The predicted molar refractivity (Wildman–Crippen MR) is 117 cm³/mol. The number of aromatic nitrogens is 2. The minimum Gasteiger partial charge on any atom is -0.352 e. The first kappa shape index (κ1) is 21.1. The minimum absolute atomic E-state index is 0.0223. The van der Waals surface area contributed by atoms with Crippen LogP contribution in [0.4, 0.5) is 4.79 Å². The van der Waals surface area contributed by atoms with Gasteiger partial charge in [0.1, 0.15) is 6.54 Å². The van der Waals surface area contributed by atoms with Crippen molar-refractivity contribution < 1.29 is 9.59 Å². The number of rotatable bonds is 4. The summed E-state index contributed by atoms with van der Waals surface area (Å²) in [5, 5.41) is 6.40. The first-order valence-electron chi connectivity index (χ1n) is 11.1. The topological polar surface area (TPSA) is 116 Å². The van der Waals surface area contributed by atoms with E-state index in [1.807, 2.05) is 0 Å². The molecule has 0 bridgehead atoms. The Morgan fingerprint density at radius 1 is 0.935 bits per heavy atom. The number of hydrogen-bond donors (Lipinski definition) is 3. The van der Waals surface area contributed by atoms with E-state index in [-0.39, 0.29) is 30.6 Å². The van der Waals surface area contributed by atoms with Crippen LogP contribution in [0.2, 0.25) is 0 Å². The SMILES string of the molecule is O=C(Cn1c(=O)[nH]c2ccccc2c1=O)NC1CCN(C(=O)NC2CCCCC2)CC1. The highest BCUT2D eigenvalue weighted by atomic mass is 16.2. The predicted octanol–water partition coefficient (Wildman–Crippen LogP) is 1.31. The Balaban J connectivity index is 1.29. The average molecular weight is 428 g/mol. The van der Waals surface area contributed by atoms with Gasteiger partial charge in [-0.2, -0.15) is 0 Å². The summed E-state index contributed by atoms with van der Waals surface area (Å²) in [4.78, 5) is 54.2. The van der Waals surface area contributed by atoms with Crippen LogP contribution in [-0.2, 0) is 11.3 Å². The second-order valence-electron chi connectivity index (χ2n) is 8.48. The van der Waals surface area contributed by atoms with E-state index in [9.17, 15) is 19.2 Å². The molecular weight excluding hydrogens is 398 g/mol. The van der Waals surface area contributed by atoms with Gasteiger partial charge in [0, 0.05) is 25.2 Å². The van der Waals surface area contributed by atoms with Gasteiger partial charge >= 0.3 is 11.7 Å². The van der Waals surface area contributed by atoms with Crippen LogP contribution in [0.15, 0.2) is 33.9 Å². The highest BCUT2D eigenvalue weighted by molar-refractivity contribution is 5.79. The van der Waals surface area contributed by atoms with Gasteiger partial charge in [-0.3, -0.25) is 14.2 Å². The lowest BCUT2D eigenvalue weighted by Crippen LogP contribution is -2.52. The first-order valence-corrected chi connectivity index (χ1v) is 11.1. The molecule has 1 saturated heterocycles. The fourth-order valence-electron chi connectivity index (χ4n) is 4.50. The number of nitrogens with one attached hydrogen (secondary N) is 3. The molecule has 31 heavy (non-hydrogen) atoms. The van der Waals surface area contributed by atoms with Gasteiger partial charge in [0.2, 0.25) is 5.91 Å². The Labute approximate surface area is 179 Å². The van der Waals surface area contributed by atoms with Crippen molar-refractivity contribution in [3.8, 4) is 0 Å². The monoisotopic (exact) mass is 427 g/mol. The number of nitrogens with zero attached hydrogens (tertiary/aromatic N) is 2. The molecule has 2 aromatic rings. The molecule has 1 aliphatic heterocycles. The average Bonchev–Trinajstić information content (AvgIpc) is 2.78. The van der Waals surface area contributed by atoms with Gasteiger partial charge in [0.15, 0.2) is 0 Å². The van der Waals surface area contributed by atoms with E-state index in [1.165, 1.54) is 19.3 Å². The largest absolute Gasteiger partial charge is 0.352 e. The van der Waals surface area contributed by atoms with Gasteiger partial charge in [-0.25, -0.2) is 9.59 Å². The Hall–Kier alpha value is -3.10. The molecule has 0 spiro atoms. The molecule has 2 aliphatic rings. The Bertz CT molecular complexity index is 1060. The summed E-state index contributed by atoms with van der Waals surface area (Å²) in [6, 6.07) is 6.89. The number of likely N-dealkylation sites (tertiary alicyclic amines) is 1. The number of para-hydroxylation sites is 1. The maximum absolute atomic E-state index is 12.6. The van der Waals surface area contributed by atoms with Crippen molar-refractivity contribution in [2.75, 3.05) is 13.1 Å². The van der Waals surface area contributed by atoms with Crippen LogP contribution < -0.4 is 21.9 Å². The molecule has 3 amide bonds. The second kappa shape index (κ2) is 9.36. The lowest BCUT2D eigenvalue weighted by Gasteiger charge is -2.34. The smallest absolute Gasteiger partial charge is 0.329 e. The van der Waals surface area contributed by atoms with Crippen LogP contribution >= 0.6 is 0 Å². The number of carbonyl (C=O) groups is 2. The van der Waals surface area contributed by atoms with Crippen molar-refractivity contribution in [2.24, 2.45) is 0 Å². The maximum atomic E-state index is 12.6. The lowest BCUT2D eigenvalue weighted by atomic mass is 9.95. The fraction of sp³-hybridized carbons (Fsp3) is 0.545. The van der Waals surface area contributed by atoms with E-state index in [0.29, 0.717) is 36.8 Å². The summed E-state index contributed by atoms with van der Waals surface area (Å²) >= 11 is 0. The van der Waals surface area contributed by atoms with Crippen molar-refractivity contribution in [1.82, 2.24) is 25.1 Å². The number of amides is 3. The Kier molecular flexibility index (Phi) is 6.39. The van der Waals surface area contributed by atoms with Crippen molar-refractivity contribution in [3.63, 3.8) is 0 Å². The van der Waals surface area contributed by atoms with Crippen molar-refractivity contribution >= 4 is 22.8 Å². The second-order valence-corrected chi connectivity index (χ2v) is 8.48. The number of fused-ring (bicyclic) bond motifs is 1. The maximum Gasteiger partial charge on any atom is 0.329 e. The molecule has 2 fully saturated rings. The van der Waals surface area contributed by atoms with E-state index in [1.54, 1.807) is 29.2 Å². The Morgan fingerprint density at radius 2 is 1.61 bits per heavy atom. The zero-order chi connectivity index (χ0) is 21.8. The standard InChI is InChI=1S/C22H29N5O4/c28-19(14-27-20(29)17-8-4-5-9-18(17)25-22(27)31)23-16-10-12-26(13-11-16)21(30)24-15-6-2-1-3-7-15/h4-5,8-9,15-16H,1-3,6-7,10-14H2,(H,23,28)(H,24,30)(H,25,31). The molecule has 2 heterocycles. The van der Waals surface area contributed by atoms with Crippen LogP contribution in [0, 0.1) is 0 Å². The van der Waals surface area contributed by atoms with E-state index in [2.05, 4.69) is 15.6 Å². The molecule has 0 unspecified atom stereocenters.